The van der Waals surface area contributed by atoms with Crippen LogP contribution in [0.4, 0.5) is 0 Å². The van der Waals surface area contributed by atoms with E-state index in [0.717, 1.165) is 29.7 Å². The van der Waals surface area contributed by atoms with E-state index in [2.05, 4.69) is 17.1 Å². The summed E-state index contributed by atoms with van der Waals surface area (Å²) in [5, 5.41) is 9.78. The molecule has 0 aliphatic carbocycles. The van der Waals surface area contributed by atoms with Crippen LogP contribution in [0.25, 0.3) is 5.65 Å². The average molecular weight is 365 g/mol. The Labute approximate surface area is 158 Å². The van der Waals surface area contributed by atoms with Crippen LogP contribution < -0.4 is 4.74 Å². The van der Waals surface area contributed by atoms with Gasteiger partial charge in [-0.2, -0.15) is 0 Å². The molecular formula is C21H23N3O3. The minimum Gasteiger partial charge on any atom is -0.481 e. The fourth-order valence-electron chi connectivity index (χ4n) is 3.71. The van der Waals surface area contributed by atoms with E-state index in [9.17, 15) is 9.90 Å². The molecule has 0 unspecified atom stereocenters. The molecule has 0 bridgehead atoms. The van der Waals surface area contributed by atoms with Crippen molar-refractivity contribution in [1.29, 1.82) is 0 Å². The number of carbonyl (C=O) groups is 1. The van der Waals surface area contributed by atoms with Crippen molar-refractivity contribution in [3.63, 3.8) is 0 Å². The summed E-state index contributed by atoms with van der Waals surface area (Å²) in [6.07, 6.45) is 3.24. The van der Waals surface area contributed by atoms with Crippen LogP contribution in [-0.2, 0) is 13.0 Å². The van der Waals surface area contributed by atoms with Crippen molar-refractivity contribution < 1.29 is 14.6 Å². The maximum absolute atomic E-state index is 12.8. The van der Waals surface area contributed by atoms with Gasteiger partial charge in [0.1, 0.15) is 6.10 Å². The van der Waals surface area contributed by atoms with Crippen molar-refractivity contribution in [2.75, 3.05) is 14.1 Å². The molecule has 2 aromatic heterocycles. The number of aryl methyl sites for hydroxylation is 1. The molecule has 1 aliphatic rings. The Morgan fingerprint density at radius 3 is 2.74 bits per heavy atom. The lowest BCUT2D eigenvalue weighted by molar-refractivity contribution is 0.0822. The van der Waals surface area contributed by atoms with Crippen molar-refractivity contribution >= 4 is 11.6 Å². The van der Waals surface area contributed by atoms with Gasteiger partial charge >= 0.3 is 0 Å². The van der Waals surface area contributed by atoms with E-state index in [0.29, 0.717) is 22.7 Å². The number of hydrogen-bond acceptors (Lipinski definition) is 4. The van der Waals surface area contributed by atoms with Crippen LogP contribution in [0.1, 0.15) is 45.4 Å². The monoisotopic (exact) mass is 365 g/mol. The zero-order valence-corrected chi connectivity index (χ0v) is 15.8. The van der Waals surface area contributed by atoms with Gasteiger partial charge < -0.3 is 14.7 Å². The predicted molar refractivity (Wildman–Crippen MR) is 102 cm³/mol. The van der Waals surface area contributed by atoms with E-state index >= 15 is 0 Å². The molecule has 0 saturated carbocycles. The van der Waals surface area contributed by atoms with Crippen molar-refractivity contribution in [3.8, 4) is 5.75 Å². The molecule has 1 amide bonds. The third-order valence-corrected chi connectivity index (χ3v) is 5.15. The second-order valence-corrected chi connectivity index (χ2v) is 7.10. The second kappa shape index (κ2) is 6.70. The summed E-state index contributed by atoms with van der Waals surface area (Å²) >= 11 is 0. The smallest absolute Gasteiger partial charge is 0.255 e. The van der Waals surface area contributed by atoms with Gasteiger partial charge in [0.25, 0.3) is 5.91 Å². The quantitative estimate of drug-likeness (QED) is 0.775. The Hall–Kier alpha value is -2.86. The van der Waals surface area contributed by atoms with Gasteiger partial charge in [0, 0.05) is 25.9 Å². The Morgan fingerprint density at radius 2 is 2.07 bits per heavy atom. The fourth-order valence-corrected chi connectivity index (χ4v) is 3.71. The largest absolute Gasteiger partial charge is 0.481 e. The van der Waals surface area contributed by atoms with Crippen LogP contribution in [0.15, 0.2) is 36.5 Å². The summed E-state index contributed by atoms with van der Waals surface area (Å²) in [4.78, 5) is 19.0. The van der Waals surface area contributed by atoms with Gasteiger partial charge in [-0.1, -0.05) is 30.3 Å². The van der Waals surface area contributed by atoms with Gasteiger partial charge in [-0.05, 0) is 25.3 Å². The lowest BCUT2D eigenvalue weighted by Gasteiger charge is -2.28. The predicted octanol–water partition coefficient (Wildman–Crippen LogP) is 2.90. The van der Waals surface area contributed by atoms with Crippen molar-refractivity contribution in [1.82, 2.24) is 14.3 Å². The fraction of sp³-hybridized carbons (Fsp3) is 0.333. The molecule has 1 atom stereocenters. The molecule has 1 N–H and O–H groups in total. The van der Waals surface area contributed by atoms with Crippen LogP contribution in [0.3, 0.4) is 0 Å². The van der Waals surface area contributed by atoms with Crippen LogP contribution in [0.5, 0.6) is 5.75 Å². The highest BCUT2D eigenvalue weighted by Gasteiger charge is 2.30. The minimum atomic E-state index is -0.149. The number of aliphatic hydroxyl groups is 1. The first-order valence-electron chi connectivity index (χ1n) is 9.08. The lowest BCUT2D eigenvalue weighted by atomic mass is 9.95. The molecule has 3 heterocycles. The molecule has 4 rings (SSSR count). The molecule has 6 heteroatoms. The number of hydrogen-bond donors (Lipinski definition) is 1. The van der Waals surface area contributed by atoms with E-state index in [1.807, 2.05) is 25.1 Å². The SMILES string of the molecule is Cc1nc2c3c(c(C(=O)N(C)C)cn2c1CO)CC[C@H](c1ccccc1)O3. The van der Waals surface area contributed by atoms with Crippen molar-refractivity contribution in [2.45, 2.75) is 32.5 Å². The molecule has 0 fully saturated rings. The van der Waals surface area contributed by atoms with Crippen LogP contribution in [0, 0.1) is 6.92 Å². The van der Waals surface area contributed by atoms with E-state index < -0.39 is 0 Å². The summed E-state index contributed by atoms with van der Waals surface area (Å²) in [5.74, 6) is 0.566. The summed E-state index contributed by atoms with van der Waals surface area (Å²) < 4.78 is 8.17. The molecular weight excluding hydrogens is 342 g/mol. The number of aromatic nitrogens is 2. The molecule has 0 radical (unpaired) electrons. The lowest BCUT2D eigenvalue weighted by Crippen LogP contribution is -2.26. The zero-order valence-electron chi connectivity index (χ0n) is 15.8. The molecule has 3 aromatic rings. The molecule has 1 aliphatic heterocycles. The van der Waals surface area contributed by atoms with Crippen molar-refractivity contribution in [3.05, 3.63) is 64.6 Å². The van der Waals surface area contributed by atoms with E-state index in [1.165, 1.54) is 0 Å². The molecule has 6 nitrogen and oxygen atoms in total. The number of nitrogens with zero attached hydrogens (tertiary/aromatic N) is 3. The number of rotatable bonds is 3. The summed E-state index contributed by atoms with van der Waals surface area (Å²) in [5.41, 5.74) is 4.66. The molecule has 140 valence electrons. The van der Waals surface area contributed by atoms with Gasteiger partial charge in [0.05, 0.1) is 23.6 Å². The topological polar surface area (TPSA) is 67.1 Å². The first-order valence-corrected chi connectivity index (χ1v) is 9.08. The summed E-state index contributed by atoms with van der Waals surface area (Å²) in [6, 6.07) is 10.1. The first-order chi connectivity index (χ1) is 13.0. The number of ether oxygens (including phenoxy) is 1. The van der Waals surface area contributed by atoms with Crippen LogP contribution >= 0.6 is 0 Å². The number of amides is 1. The van der Waals surface area contributed by atoms with Gasteiger partial charge in [-0.3, -0.25) is 9.20 Å². The first kappa shape index (κ1) is 17.5. The Kier molecular flexibility index (Phi) is 4.36. The number of benzene rings is 1. The Morgan fingerprint density at radius 1 is 1.33 bits per heavy atom. The maximum atomic E-state index is 12.8. The highest BCUT2D eigenvalue weighted by atomic mass is 16.5. The van der Waals surface area contributed by atoms with E-state index in [-0.39, 0.29) is 18.6 Å². The van der Waals surface area contributed by atoms with Gasteiger partial charge in [-0.15, -0.1) is 0 Å². The van der Waals surface area contributed by atoms with Crippen molar-refractivity contribution in [2.24, 2.45) is 0 Å². The number of aliphatic hydroxyl groups excluding tert-OH is 1. The van der Waals surface area contributed by atoms with E-state index in [1.54, 1.807) is 29.6 Å². The molecule has 0 spiro atoms. The van der Waals surface area contributed by atoms with Gasteiger partial charge in [-0.25, -0.2) is 4.98 Å². The van der Waals surface area contributed by atoms with Crippen LogP contribution in [-0.4, -0.2) is 39.4 Å². The Balaban J connectivity index is 1.92. The molecule has 27 heavy (non-hydrogen) atoms. The molecule has 1 aromatic carbocycles. The maximum Gasteiger partial charge on any atom is 0.255 e. The highest BCUT2D eigenvalue weighted by molar-refractivity contribution is 5.96. The standard InChI is InChI=1S/C21H23N3O3/c1-13-17(12-25)24-11-16(21(26)23(2)3)15-9-10-18(14-7-5-4-6-8-14)27-19(15)20(24)22-13/h4-8,11,18,25H,9-10,12H2,1-3H3/t18-/m1/s1. The van der Waals surface area contributed by atoms with E-state index in [4.69, 9.17) is 4.74 Å². The average Bonchev–Trinajstić information content (AvgIpc) is 3.02. The summed E-state index contributed by atoms with van der Waals surface area (Å²) in [6.45, 7) is 1.71. The minimum absolute atomic E-state index is 0.0786. The number of pyridine rings is 1. The summed E-state index contributed by atoms with van der Waals surface area (Å²) in [7, 11) is 3.48. The Bertz CT molecular complexity index is 1010. The number of imidazole rings is 1. The second-order valence-electron chi connectivity index (χ2n) is 7.10. The van der Waals surface area contributed by atoms with Crippen LogP contribution in [0.2, 0.25) is 0 Å². The zero-order chi connectivity index (χ0) is 19.1. The number of fused-ring (bicyclic) bond motifs is 3. The third-order valence-electron chi connectivity index (χ3n) is 5.15. The third kappa shape index (κ3) is 2.86. The molecule has 0 saturated heterocycles. The van der Waals surface area contributed by atoms with Gasteiger partial charge in [0.2, 0.25) is 0 Å². The van der Waals surface area contributed by atoms with Gasteiger partial charge in [0.15, 0.2) is 11.4 Å². The highest BCUT2D eigenvalue weighted by Crippen LogP contribution is 2.40. The number of carbonyl (C=O) groups excluding carboxylic acids is 1. The normalized spacial score (nSPS) is 16.1.